The summed E-state index contributed by atoms with van der Waals surface area (Å²) in [6, 6.07) is -0.630. The zero-order chi connectivity index (χ0) is 56.4. The Kier molecular flexibility index (Phi) is 65.4. The number of nitrogens with one attached hydrogen (secondary N) is 1. The van der Waals surface area contributed by atoms with Crippen molar-refractivity contribution < 1.29 is 24.5 Å². The highest BCUT2D eigenvalue weighted by molar-refractivity contribution is 5.76. The van der Waals surface area contributed by atoms with E-state index in [4.69, 9.17) is 4.74 Å². The molecule has 3 N–H and O–H groups in total. The standard InChI is InChI=1S/C72H135NO5/c1-3-5-7-9-11-13-15-17-18-19-31-34-37-41-44-48-52-56-60-64-70(75)69(68-74)73-71(76)65-61-57-53-49-45-42-38-35-32-29-27-25-23-21-20-22-24-26-28-30-33-36-39-43-47-51-55-59-63-67-78-72(77)66-62-58-54-50-46-40-16-14-12-10-8-6-4-2/h14,16,20,22,26,28,60,64,69-70,74-75H,3-13,15,17-19,21,23-25,27,29-59,61-63,65-68H2,1-2H3,(H,73,76)/b16-14-,22-20-,28-26-,64-60+. The molecule has 0 rings (SSSR count). The molecule has 0 radical (unpaired) electrons. The number of hydrogen-bond donors (Lipinski definition) is 3. The fourth-order valence-electron chi connectivity index (χ4n) is 10.7. The molecule has 0 saturated carbocycles. The molecule has 0 fully saturated rings. The van der Waals surface area contributed by atoms with E-state index in [2.05, 4.69) is 55.6 Å². The van der Waals surface area contributed by atoms with Crippen LogP contribution in [0, 0.1) is 0 Å². The fourth-order valence-corrected chi connectivity index (χ4v) is 10.7. The maximum Gasteiger partial charge on any atom is 0.305 e. The molecule has 458 valence electrons. The first-order valence-electron chi connectivity index (χ1n) is 34.9. The Balaban J connectivity index is 3.44. The third-order valence-electron chi connectivity index (χ3n) is 16.1. The number of aliphatic hydroxyl groups is 2. The molecule has 2 unspecified atom stereocenters. The van der Waals surface area contributed by atoms with Crippen molar-refractivity contribution in [3.8, 4) is 0 Å². The number of esters is 1. The van der Waals surface area contributed by atoms with Crippen molar-refractivity contribution in [1.29, 1.82) is 0 Å². The number of aliphatic hydroxyl groups excluding tert-OH is 2. The van der Waals surface area contributed by atoms with Gasteiger partial charge in [-0.25, -0.2) is 0 Å². The first-order valence-corrected chi connectivity index (χ1v) is 34.9. The molecular weight excluding hydrogens is 959 g/mol. The number of ether oxygens (including phenoxy) is 1. The maximum absolute atomic E-state index is 12.5. The lowest BCUT2D eigenvalue weighted by molar-refractivity contribution is -0.143. The molecule has 0 saturated heterocycles. The predicted octanol–water partition coefficient (Wildman–Crippen LogP) is 22.5. The summed E-state index contributed by atoms with van der Waals surface area (Å²) < 4.78 is 5.47. The molecule has 0 aliphatic carbocycles. The van der Waals surface area contributed by atoms with Gasteiger partial charge in [0, 0.05) is 12.8 Å². The number of amides is 1. The first-order chi connectivity index (χ1) is 38.5. The van der Waals surface area contributed by atoms with Gasteiger partial charge < -0.3 is 20.3 Å². The highest BCUT2D eigenvalue weighted by atomic mass is 16.5. The fraction of sp³-hybridized carbons (Fsp3) is 0.861. The summed E-state index contributed by atoms with van der Waals surface area (Å²) in [5, 5.41) is 23.2. The number of carbonyl (C=O) groups excluding carboxylic acids is 2. The van der Waals surface area contributed by atoms with Crippen LogP contribution in [0.15, 0.2) is 48.6 Å². The second-order valence-electron chi connectivity index (χ2n) is 23.9. The van der Waals surface area contributed by atoms with Crippen LogP contribution in [0.3, 0.4) is 0 Å². The molecule has 0 aliphatic heterocycles. The van der Waals surface area contributed by atoms with E-state index in [-0.39, 0.29) is 18.5 Å². The van der Waals surface area contributed by atoms with E-state index in [0.29, 0.717) is 19.4 Å². The van der Waals surface area contributed by atoms with Crippen molar-refractivity contribution in [3.63, 3.8) is 0 Å². The highest BCUT2D eigenvalue weighted by Crippen LogP contribution is 2.18. The van der Waals surface area contributed by atoms with Gasteiger partial charge in [-0.3, -0.25) is 9.59 Å². The molecule has 1 amide bonds. The summed E-state index contributed by atoms with van der Waals surface area (Å²) in [6.07, 6.45) is 87.5. The van der Waals surface area contributed by atoms with Gasteiger partial charge in [-0.2, -0.15) is 0 Å². The van der Waals surface area contributed by atoms with E-state index >= 15 is 0 Å². The molecule has 0 heterocycles. The van der Waals surface area contributed by atoms with E-state index in [0.717, 1.165) is 51.4 Å². The van der Waals surface area contributed by atoms with Gasteiger partial charge in [-0.15, -0.1) is 0 Å². The molecule has 0 bridgehead atoms. The minimum atomic E-state index is -0.846. The Morgan fingerprint density at radius 1 is 0.359 bits per heavy atom. The molecule has 2 atom stereocenters. The lowest BCUT2D eigenvalue weighted by Crippen LogP contribution is -2.45. The SMILES string of the molecule is CCCCCC/C=C\CCCCCCCC(=O)OCCCCCCCCCCC/C=C\C/C=C\CCCCCCCCCCCCCCCC(=O)NC(CO)C(O)/C=C/CCCCCCCCCCCCCCCCCCC. The number of rotatable bonds is 65. The summed E-state index contributed by atoms with van der Waals surface area (Å²) >= 11 is 0. The second-order valence-corrected chi connectivity index (χ2v) is 23.9. The second kappa shape index (κ2) is 67.3. The van der Waals surface area contributed by atoms with Crippen molar-refractivity contribution in [3.05, 3.63) is 48.6 Å². The van der Waals surface area contributed by atoms with Crippen LogP contribution in [-0.2, 0) is 14.3 Å². The van der Waals surface area contributed by atoms with Crippen LogP contribution in [0.1, 0.15) is 373 Å². The Morgan fingerprint density at radius 3 is 1.00 bits per heavy atom. The van der Waals surface area contributed by atoms with E-state index < -0.39 is 12.1 Å². The molecule has 0 aromatic heterocycles. The van der Waals surface area contributed by atoms with Crippen LogP contribution in [0.5, 0.6) is 0 Å². The largest absolute Gasteiger partial charge is 0.466 e. The van der Waals surface area contributed by atoms with Crippen molar-refractivity contribution in [1.82, 2.24) is 5.32 Å². The summed E-state index contributed by atoms with van der Waals surface area (Å²) in [5.74, 6) is -0.0639. The molecule has 0 aliphatic rings. The lowest BCUT2D eigenvalue weighted by Gasteiger charge is -2.20. The Labute approximate surface area is 486 Å². The summed E-state index contributed by atoms with van der Waals surface area (Å²) in [7, 11) is 0. The number of unbranched alkanes of at least 4 members (excludes halogenated alkanes) is 48. The summed E-state index contributed by atoms with van der Waals surface area (Å²) in [5.41, 5.74) is 0. The smallest absolute Gasteiger partial charge is 0.305 e. The lowest BCUT2D eigenvalue weighted by atomic mass is 10.0. The average Bonchev–Trinajstić information content (AvgIpc) is 3.44. The zero-order valence-corrected chi connectivity index (χ0v) is 52.4. The summed E-state index contributed by atoms with van der Waals surface area (Å²) in [6.45, 7) is 4.91. The van der Waals surface area contributed by atoms with Crippen LogP contribution in [-0.4, -0.2) is 47.4 Å². The molecule has 6 nitrogen and oxygen atoms in total. The van der Waals surface area contributed by atoms with E-state index in [1.165, 1.54) is 295 Å². The van der Waals surface area contributed by atoms with Crippen molar-refractivity contribution in [2.45, 2.75) is 386 Å². The van der Waals surface area contributed by atoms with Crippen LogP contribution in [0.4, 0.5) is 0 Å². The van der Waals surface area contributed by atoms with Gasteiger partial charge in [0.15, 0.2) is 0 Å². The maximum atomic E-state index is 12.5. The van der Waals surface area contributed by atoms with Crippen LogP contribution in [0.25, 0.3) is 0 Å². The third kappa shape index (κ3) is 63.0. The van der Waals surface area contributed by atoms with Gasteiger partial charge in [0.05, 0.1) is 25.4 Å². The van der Waals surface area contributed by atoms with Gasteiger partial charge in [0.2, 0.25) is 5.91 Å². The van der Waals surface area contributed by atoms with Crippen LogP contribution < -0.4 is 5.32 Å². The predicted molar refractivity (Wildman–Crippen MR) is 342 cm³/mol. The van der Waals surface area contributed by atoms with Gasteiger partial charge in [-0.05, 0) is 89.9 Å². The van der Waals surface area contributed by atoms with Crippen LogP contribution >= 0.6 is 0 Å². The van der Waals surface area contributed by atoms with Crippen molar-refractivity contribution >= 4 is 11.9 Å². The molecule has 0 spiro atoms. The van der Waals surface area contributed by atoms with Gasteiger partial charge in [0.25, 0.3) is 0 Å². The topological polar surface area (TPSA) is 95.9 Å². The molecule has 78 heavy (non-hydrogen) atoms. The van der Waals surface area contributed by atoms with E-state index in [9.17, 15) is 19.8 Å². The van der Waals surface area contributed by atoms with Gasteiger partial charge >= 0.3 is 5.97 Å². The Bertz CT molecular complexity index is 1310. The molecule has 0 aromatic rings. The molecule has 6 heteroatoms. The van der Waals surface area contributed by atoms with Crippen LogP contribution in [0.2, 0.25) is 0 Å². The first kappa shape index (κ1) is 75.8. The van der Waals surface area contributed by atoms with Gasteiger partial charge in [-0.1, -0.05) is 319 Å². The Hall–Kier alpha value is -2.18. The van der Waals surface area contributed by atoms with Crippen molar-refractivity contribution in [2.75, 3.05) is 13.2 Å². The average molecular weight is 1090 g/mol. The monoisotopic (exact) mass is 1090 g/mol. The van der Waals surface area contributed by atoms with Gasteiger partial charge in [0.1, 0.15) is 0 Å². The van der Waals surface area contributed by atoms with E-state index in [1.54, 1.807) is 6.08 Å². The number of allylic oxidation sites excluding steroid dienone is 7. The van der Waals surface area contributed by atoms with E-state index in [1.807, 2.05) is 6.08 Å². The molecular formula is C72H135NO5. The minimum absolute atomic E-state index is 0.00242. The highest BCUT2D eigenvalue weighted by Gasteiger charge is 2.18. The number of hydrogen-bond acceptors (Lipinski definition) is 5. The quantitative estimate of drug-likeness (QED) is 0.0320. The minimum Gasteiger partial charge on any atom is -0.466 e. The zero-order valence-electron chi connectivity index (χ0n) is 52.4. The van der Waals surface area contributed by atoms with Crippen molar-refractivity contribution in [2.24, 2.45) is 0 Å². The number of carbonyl (C=O) groups is 2. The molecule has 0 aromatic carbocycles. The third-order valence-corrected chi connectivity index (χ3v) is 16.1. The normalized spacial score (nSPS) is 12.8. The summed E-state index contributed by atoms with van der Waals surface area (Å²) in [4.78, 5) is 24.5. The Morgan fingerprint density at radius 2 is 0.641 bits per heavy atom.